The van der Waals surface area contributed by atoms with Crippen molar-refractivity contribution in [3.8, 4) is 0 Å². The van der Waals surface area contributed by atoms with E-state index in [-0.39, 0.29) is 0 Å². The molecule has 0 aliphatic heterocycles. The van der Waals surface area contributed by atoms with Crippen LogP contribution in [0.5, 0.6) is 0 Å². The van der Waals surface area contributed by atoms with Crippen molar-refractivity contribution in [1.29, 1.82) is 0 Å². The molecule has 0 spiro atoms. The van der Waals surface area contributed by atoms with Crippen LogP contribution in [0.25, 0.3) is 0 Å². The van der Waals surface area contributed by atoms with Gasteiger partial charge in [0.15, 0.2) is 0 Å². The summed E-state index contributed by atoms with van der Waals surface area (Å²) in [7, 11) is 0. The highest BCUT2D eigenvalue weighted by atomic mass is 14.0. The van der Waals surface area contributed by atoms with Crippen LogP contribution >= 0.6 is 0 Å². The average Bonchev–Trinajstić information content (AvgIpc) is 2.28. The molecule has 82 valence electrons. The fourth-order valence-corrected chi connectivity index (χ4v) is 1.33. The van der Waals surface area contributed by atoms with Crippen molar-refractivity contribution >= 4 is 0 Å². The van der Waals surface area contributed by atoms with E-state index >= 15 is 0 Å². The van der Waals surface area contributed by atoms with Crippen LogP contribution in [0.2, 0.25) is 0 Å². The number of allylic oxidation sites excluding steroid dienone is 8. The van der Waals surface area contributed by atoms with Crippen molar-refractivity contribution in [2.24, 2.45) is 0 Å². The van der Waals surface area contributed by atoms with Gasteiger partial charge in [-0.1, -0.05) is 48.6 Å². The molecule has 0 nitrogen and oxygen atoms in total. The van der Waals surface area contributed by atoms with Gasteiger partial charge in [0, 0.05) is 0 Å². The molecule has 0 atom stereocenters. The minimum atomic E-state index is 1.03. The maximum Gasteiger partial charge on any atom is -0.00704 e. The zero-order chi connectivity index (χ0) is 11.5. The third kappa shape index (κ3) is 6.73. The molecule has 0 aromatic rings. The second kappa shape index (κ2) is 9.26. The maximum atomic E-state index is 3.75. The molecule has 0 N–H and O–H groups in total. The summed E-state index contributed by atoms with van der Waals surface area (Å²) in [6.45, 7) is 11.6. The highest BCUT2D eigenvalue weighted by molar-refractivity contribution is 5.26. The van der Waals surface area contributed by atoms with Gasteiger partial charge in [0.1, 0.15) is 0 Å². The Bertz CT molecular complexity index is 274. The Balaban J connectivity index is 4.32. The summed E-state index contributed by atoms with van der Waals surface area (Å²) in [4.78, 5) is 0. The first kappa shape index (κ1) is 13.7. The maximum absolute atomic E-state index is 3.75. The highest BCUT2D eigenvalue weighted by Gasteiger charge is 1.97. The van der Waals surface area contributed by atoms with Crippen LogP contribution in [-0.2, 0) is 0 Å². The molecule has 0 aliphatic rings. The second-order valence-corrected chi connectivity index (χ2v) is 3.41. The second-order valence-electron chi connectivity index (χ2n) is 3.41. The van der Waals surface area contributed by atoms with Crippen LogP contribution in [0.1, 0.15) is 33.1 Å². The standard InChI is InChI=1S/C15H22/c1-5-9-11-14(7-3)13-15(8-4)12-10-6-2/h5-9,11H,1-2,10,12-13H2,3-4H3/b11-9-,14-7+,15-8+. The molecule has 0 rings (SSSR count). The summed E-state index contributed by atoms with van der Waals surface area (Å²) >= 11 is 0. The minimum absolute atomic E-state index is 1.03. The highest BCUT2D eigenvalue weighted by Crippen LogP contribution is 2.17. The van der Waals surface area contributed by atoms with Gasteiger partial charge in [-0.3, -0.25) is 0 Å². The first-order chi connectivity index (χ1) is 7.28. The third-order valence-corrected chi connectivity index (χ3v) is 2.33. The lowest BCUT2D eigenvalue weighted by Crippen LogP contribution is -1.86. The van der Waals surface area contributed by atoms with E-state index in [1.165, 1.54) is 11.1 Å². The molecule has 0 unspecified atom stereocenters. The molecule has 0 radical (unpaired) electrons. The molecular weight excluding hydrogens is 180 g/mol. The molecule has 0 amide bonds. The summed E-state index contributed by atoms with van der Waals surface area (Å²) in [6.07, 6.45) is 15.4. The van der Waals surface area contributed by atoms with E-state index in [0.717, 1.165) is 19.3 Å². The molecule has 0 bridgehead atoms. The van der Waals surface area contributed by atoms with Crippen LogP contribution in [0, 0.1) is 0 Å². The van der Waals surface area contributed by atoms with Crippen molar-refractivity contribution in [2.45, 2.75) is 33.1 Å². The average molecular weight is 202 g/mol. The van der Waals surface area contributed by atoms with Gasteiger partial charge in [0.05, 0.1) is 0 Å². The van der Waals surface area contributed by atoms with Gasteiger partial charge in [-0.25, -0.2) is 0 Å². The van der Waals surface area contributed by atoms with Crippen LogP contribution in [0.4, 0.5) is 0 Å². The van der Waals surface area contributed by atoms with Crippen molar-refractivity contribution in [1.82, 2.24) is 0 Å². The molecule has 0 aliphatic carbocycles. The number of hydrogen-bond acceptors (Lipinski definition) is 0. The van der Waals surface area contributed by atoms with Gasteiger partial charge in [-0.15, -0.1) is 6.58 Å². The van der Waals surface area contributed by atoms with E-state index in [4.69, 9.17) is 0 Å². The number of hydrogen-bond donors (Lipinski definition) is 0. The van der Waals surface area contributed by atoms with Gasteiger partial charge in [0.25, 0.3) is 0 Å². The summed E-state index contributed by atoms with van der Waals surface area (Å²) < 4.78 is 0. The largest absolute Gasteiger partial charge is 0.103 e. The zero-order valence-corrected chi connectivity index (χ0v) is 10.00. The summed E-state index contributed by atoms with van der Waals surface area (Å²) in [6, 6.07) is 0. The molecule has 0 fully saturated rings. The van der Waals surface area contributed by atoms with Gasteiger partial charge < -0.3 is 0 Å². The topological polar surface area (TPSA) is 0 Å². The van der Waals surface area contributed by atoms with Crippen LogP contribution in [0.3, 0.4) is 0 Å². The minimum Gasteiger partial charge on any atom is -0.103 e. The molecule has 0 saturated carbocycles. The Morgan fingerprint density at radius 3 is 2.33 bits per heavy atom. The van der Waals surface area contributed by atoms with E-state index in [2.05, 4.69) is 45.2 Å². The van der Waals surface area contributed by atoms with E-state index in [1.54, 1.807) is 0 Å². The molecule has 0 heterocycles. The Kier molecular flexibility index (Phi) is 8.46. The smallest absolute Gasteiger partial charge is 0.00704 e. The Hall–Kier alpha value is -1.30. The lowest BCUT2D eigenvalue weighted by atomic mass is 10.0. The van der Waals surface area contributed by atoms with Crippen LogP contribution in [-0.4, -0.2) is 0 Å². The predicted molar refractivity (Wildman–Crippen MR) is 70.9 cm³/mol. The van der Waals surface area contributed by atoms with Crippen LogP contribution in [0.15, 0.2) is 60.8 Å². The first-order valence-electron chi connectivity index (χ1n) is 5.47. The number of rotatable bonds is 7. The third-order valence-electron chi connectivity index (χ3n) is 2.33. The monoisotopic (exact) mass is 202 g/mol. The molecular formula is C15H22. The molecule has 0 heteroatoms. The van der Waals surface area contributed by atoms with E-state index in [0.29, 0.717) is 0 Å². The van der Waals surface area contributed by atoms with Crippen molar-refractivity contribution < 1.29 is 0 Å². The van der Waals surface area contributed by atoms with Crippen molar-refractivity contribution in [3.05, 3.63) is 60.8 Å². The van der Waals surface area contributed by atoms with E-state index in [9.17, 15) is 0 Å². The molecule has 0 aromatic heterocycles. The predicted octanol–water partition coefficient (Wildman–Crippen LogP) is 4.98. The van der Waals surface area contributed by atoms with Crippen molar-refractivity contribution in [3.63, 3.8) is 0 Å². The normalized spacial score (nSPS) is 13.2. The molecule has 15 heavy (non-hydrogen) atoms. The van der Waals surface area contributed by atoms with Gasteiger partial charge in [0.2, 0.25) is 0 Å². The fourth-order valence-electron chi connectivity index (χ4n) is 1.33. The molecule has 0 saturated heterocycles. The van der Waals surface area contributed by atoms with Gasteiger partial charge in [-0.2, -0.15) is 0 Å². The lowest BCUT2D eigenvalue weighted by molar-refractivity contribution is 0.924. The van der Waals surface area contributed by atoms with E-state index < -0.39 is 0 Å². The Morgan fingerprint density at radius 1 is 1.13 bits per heavy atom. The van der Waals surface area contributed by atoms with Gasteiger partial charge in [-0.05, 0) is 38.7 Å². The zero-order valence-electron chi connectivity index (χ0n) is 10.00. The Labute approximate surface area is 94.4 Å². The summed E-state index contributed by atoms with van der Waals surface area (Å²) in [5.41, 5.74) is 2.81. The van der Waals surface area contributed by atoms with Crippen LogP contribution < -0.4 is 0 Å². The van der Waals surface area contributed by atoms with Gasteiger partial charge >= 0.3 is 0 Å². The fraction of sp³-hybridized carbons (Fsp3) is 0.333. The quantitative estimate of drug-likeness (QED) is 0.403. The van der Waals surface area contributed by atoms with E-state index in [1.807, 2.05) is 18.2 Å². The summed E-state index contributed by atoms with van der Waals surface area (Å²) in [5.74, 6) is 0. The summed E-state index contributed by atoms with van der Waals surface area (Å²) in [5, 5.41) is 0. The lowest BCUT2D eigenvalue weighted by Gasteiger charge is -2.06. The first-order valence-corrected chi connectivity index (χ1v) is 5.47. The Morgan fingerprint density at radius 2 is 1.87 bits per heavy atom. The molecule has 0 aromatic carbocycles. The SMILES string of the molecule is C=C/C=C\C(=C/C)C/C(=C/C)CCC=C. The van der Waals surface area contributed by atoms with Crippen molar-refractivity contribution in [2.75, 3.05) is 0 Å².